The normalized spacial score (nSPS) is 15.3. The number of carbonyl (C=O) groups is 3. The summed E-state index contributed by atoms with van der Waals surface area (Å²) in [5.41, 5.74) is -0.590. The minimum atomic E-state index is -4.70. The summed E-state index contributed by atoms with van der Waals surface area (Å²) in [4.78, 5) is 45.1. The summed E-state index contributed by atoms with van der Waals surface area (Å²) in [5, 5.41) is 20.8. The van der Waals surface area contributed by atoms with Crippen LogP contribution in [-0.2, 0) is 20.5 Å². The highest BCUT2D eigenvalue weighted by molar-refractivity contribution is 6.10. The van der Waals surface area contributed by atoms with Crippen LogP contribution in [0.2, 0.25) is 0 Å². The van der Waals surface area contributed by atoms with Crippen LogP contribution < -0.4 is 10.2 Å². The molecule has 1 aliphatic rings. The number of guanidine groups is 1. The van der Waals surface area contributed by atoms with E-state index in [2.05, 4.69) is 5.32 Å². The lowest BCUT2D eigenvalue weighted by Crippen LogP contribution is -2.57. The number of alkyl halides is 3. The van der Waals surface area contributed by atoms with Crippen molar-refractivity contribution in [2.24, 2.45) is 0 Å². The van der Waals surface area contributed by atoms with Crippen molar-refractivity contribution in [1.82, 2.24) is 20.0 Å². The molecular formula is C30H34F3N7O4. The summed E-state index contributed by atoms with van der Waals surface area (Å²) in [7, 11) is 6.51. The maximum Gasteiger partial charge on any atom is 0.416 e. The van der Waals surface area contributed by atoms with Gasteiger partial charge in [-0.3, -0.25) is 20.0 Å². The number of hydrogen-bond acceptors (Lipinski definition) is 7. The number of nitrogens with one attached hydrogen (secondary N) is 2. The standard InChI is InChI=1S/C30H34F3N7O4/c1-19-25(27(42)44-5)26(21-12-10-20(17-34)11-13-21)40(29(43)36-18-24(41)38(4)15-7-14-37(2)3)28(35)39(19)23-9-6-8-22(16-23)30(31,32)33/h6,8-13,16,26,35H,7,14-15,18H2,1-5H3,(H,36,43). The molecule has 0 saturated heterocycles. The van der Waals surface area contributed by atoms with Gasteiger partial charge < -0.3 is 19.9 Å². The van der Waals surface area contributed by atoms with E-state index < -0.39 is 48.2 Å². The number of hydrogen-bond donors (Lipinski definition) is 2. The number of carbonyl (C=O) groups excluding carboxylic acids is 3. The molecule has 0 bridgehead atoms. The van der Waals surface area contributed by atoms with Crippen LogP contribution in [0.5, 0.6) is 0 Å². The largest absolute Gasteiger partial charge is 0.466 e. The zero-order valence-electron chi connectivity index (χ0n) is 25.0. The number of likely N-dealkylation sites (N-methyl/N-ethyl adjacent to an activating group) is 1. The third kappa shape index (κ3) is 7.54. The first kappa shape index (κ1) is 33.6. The summed E-state index contributed by atoms with van der Waals surface area (Å²) in [6.07, 6.45) is -4.00. The van der Waals surface area contributed by atoms with Gasteiger partial charge in [0.1, 0.15) is 6.04 Å². The Kier molecular flexibility index (Phi) is 10.7. The number of urea groups is 1. The van der Waals surface area contributed by atoms with Crippen LogP contribution in [0.25, 0.3) is 0 Å². The van der Waals surface area contributed by atoms with E-state index >= 15 is 0 Å². The Morgan fingerprint density at radius 3 is 2.32 bits per heavy atom. The van der Waals surface area contributed by atoms with Crippen LogP contribution in [0.4, 0.5) is 23.7 Å². The summed E-state index contributed by atoms with van der Waals surface area (Å²) in [6.45, 7) is 2.16. The molecule has 234 valence electrons. The van der Waals surface area contributed by atoms with Gasteiger partial charge in [0.25, 0.3) is 0 Å². The van der Waals surface area contributed by atoms with Gasteiger partial charge in [-0.25, -0.2) is 9.59 Å². The Bertz CT molecular complexity index is 1480. The summed E-state index contributed by atoms with van der Waals surface area (Å²) in [5.74, 6) is -1.88. The average Bonchev–Trinajstić information content (AvgIpc) is 2.98. The Hall–Kier alpha value is -4.90. The Morgan fingerprint density at radius 1 is 1.09 bits per heavy atom. The lowest BCUT2D eigenvalue weighted by molar-refractivity contribution is -0.138. The molecule has 2 aromatic rings. The maximum absolute atomic E-state index is 13.8. The molecule has 0 saturated carbocycles. The van der Waals surface area contributed by atoms with Gasteiger partial charge in [0.15, 0.2) is 0 Å². The summed E-state index contributed by atoms with van der Waals surface area (Å²) in [6, 6.07) is 9.80. The first-order valence-electron chi connectivity index (χ1n) is 13.5. The lowest BCUT2D eigenvalue weighted by Gasteiger charge is -2.43. The van der Waals surface area contributed by atoms with Crippen molar-refractivity contribution < 1.29 is 32.3 Å². The summed E-state index contributed by atoms with van der Waals surface area (Å²) < 4.78 is 45.8. The zero-order valence-corrected chi connectivity index (χ0v) is 25.0. The molecule has 0 aromatic heterocycles. The smallest absolute Gasteiger partial charge is 0.416 e. The van der Waals surface area contributed by atoms with Gasteiger partial charge in [0.2, 0.25) is 11.9 Å². The fraction of sp³-hybridized carbons (Fsp3) is 0.367. The Labute approximate surface area is 253 Å². The monoisotopic (exact) mass is 613 g/mol. The fourth-order valence-electron chi connectivity index (χ4n) is 4.73. The number of nitriles is 1. The minimum Gasteiger partial charge on any atom is -0.466 e. The van der Waals surface area contributed by atoms with Crippen molar-refractivity contribution in [3.05, 3.63) is 76.5 Å². The third-order valence-corrected chi connectivity index (χ3v) is 7.02. The number of amides is 3. The quantitative estimate of drug-likeness (QED) is 0.410. The molecule has 1 aliphatic heterocycles. The summed E-state index contributed by atoms with van der Waals surface area (Å²) >= 11 is 0. The molecule has 0 spiro atoms. The van der Waals surface area contributed by atoms with E-state index in [9.17, 15) is 32.8 Å². The Morgan fingerprint density at radius 2 is 1.75 bits per heavy atom. The number of nitrogens with zero attached hydrogens (tertiary/aromatic N) is 5. The van der Waals surface area contributed by atoms with E-state index in [0.29, 0.717) is 24.1 Å². The first-order chi connectivity index (χ1) is 20.7. The fourth-order valence-corrected chi connectivity index (χ4v) is 4.73. The molecule has 3 rings (SSSR count). The van der Waals surface area contributed by atoms with Crippen molar-refractivity contribution in [3.8, 4) is 6.07 Å². The van der Waals surface area contributed by atoms with E-state index in [-0.39, 0.29) is 17.0 Å². The lowest BCUT2D eigenvalue weighted by atomic mass is 9.92. The van der Waals surface area contributed by atoms with Crippen LogP contribution in [0.15, 0.2) is 59.8 Å². The number of anilines is 1. The molecule has 0 fully saturated rings. The van der Waals surface area contributed by atoms with E-state index in [1.807, 2.05) is 25.1 Å². The highest BCUT2D eigenvalue weighted by Gasteiger charge is 2.44. The second-order valence-corrected chi connectivity index (χ2v) is 10.3. The molecule has 11 nitrogen and oxygen atoms in total. The molecule has 1 atom stereocenters. The molecule has 44 heavy (non-hydrogen) atoms. The van der Waals surface area contributed by atoms with Crippen molar-refractivity contribution in [1.29, 1.82) is 10.7 Å². The van der Waals surface area contributed by atoms with Crippen molar-refractivity contribution in [3.63, 3.8) is 0 Å². The van der Waals surface area contributed by atoms with Crippen LogP contribution in [0.1, 0.15) is 36.1 Å². The molecule has 14 heteroatoms. The van der Waals surface area contributed by atoms with Gasteiger partial charge in [-0.05, 0) is 69.9 Å². The molecule has 1 heterocycles. The van der Waals surface area contributed by atoms with Crippen LogP contribution in [0.3, 0.4) is 0 Å². The number of benzene rings is 2. The number of rotatable bonds is 9. The second-order valence-electron chi connectivity index (χ2n) is 10.3. The molecule has 2 aromatic carbocycles. The average molecular weight is 614 g/mol. The van der Waals surface area contributed by atoms with Gasteiger partial charge in [-0.15, -0.1) is 0 Å². The number of methoxy groups -OCH3 is 1. The highest BCUT2D eigenvalue weighted by atomic mass is 19.4. The van der Waals surface area contributed by atoms with E-state index in [1.165, 1.54) is 42.2 Å². The Balaban J connectivity index is 2.10. The van der Waals surface area contributed by atoms with Gasteiger partial charge >= 0.3 is 18.2 Å². The number of esters is 1. The van der Waals surface area contributed by atoms with Crippen molar-refractivity contribution in [2.45, 2.75) is 25.6 Å². The highest BCUT2D eigenvalue weighted by Crippen LogP contribution is 2.41. The molecule has 1 unspecified atom stereocenters. The zero-order chi connectivity index (χ0) is 32.8. The number of ether oxygens (including phenoxy) is 1. The van der Waals surface area contributed by atoms with Gasteiger partial charge in [-0.1, -0.05) is 18.2 Å². The van der Waals surface area contributed by atoms with E-state index in [1.54, 1.807) is 7.05 Å². The number of halogens is 3. The van der Waals surface area contributed by atoms with Gasteiger partial charge in [0.05, 0.1) is 36.4 Å². The molecule has 2 N–H and O–H groups in total. The SMILES string of the molecule is COC(=O)C1=C(C)N(c2cccc(C(F)(F)F)c2)C(=N)N(C(=O)NCC(=O)N(C)CCCN(C)C)C1c1ccc(C#N)cc1. The maximum atomic E-state index is 13.8. The topological polar surface area (TPSA) is 133 Å². The molecule has 3 amide bonds. The molecule has 0 aliphatic carbocycles. The van der Waals surface area contributed by atoms with Gasteiger partial charge in [0, 0.05) is 25.0 Å². The van der Waals surface area contributed by atoms with Crippen LogP contribution in [-0.4, -0.2) is 86.5 Å². The third-order valence-electron chi connectivity index (χ3n) is 7.02. The van der Waals surface area contributed by atoms with Crippen LogP contribution >= 0.6 is 0 Å². The van der Waals surface area contributed by atoms with Gasteiger partial charge in [-0.2, -0.15) is 18.4 Å². The predicted molar refractivity (Wildman–Crippen MR) is 156 cm³/mol. The second kappa shape index (κ2) is 14.0. The van der Waals surface area contributed by atoms with E-state index in [4.69, 9.17) is 10.1 Å². The first-order valence-corrected chi connectivity index (χ1v) is 13.5. The number of allylic oxidation sites excluding steroid dienone is 1. The van der Waals surface area contributed by atoms with E-state index in [0.717, 1.165) is 41.7 Å². The minimum absolute atomic E-state index is 0.0521. The predicted octanol–water partition coefficient (Wildman–Crippen LogP) is 3.94. The van der Waals surface area contributed by atoms with Crippen LogP contribution in [0, 0.1) is 16.7 Å². The van der Waals surface area contributed by atoms with Crippen molar-refractivity contribution >= 4 is 29.6 Å². The molecule has 0 radical (unpaired) electrons. The van der Waals surface area contributed by atoms with Crippen molar-refractivity contribution in [2.75, 3.05) is 52.8 Å². The molecular weight excluding hydrogens is 579 g/mol.